The normalized spacial score (nSPS) is 12.2. The predicted molar refractivity (Wildman–Crippen MR) is 150 cm³/mol. The molecule has 0 saturated carbocycles. The molecule has 1 aromatic rings. The fraction of sp³-hybridized carbons (Fsp3) is 0.800. The van der Waals surface area contributed by atoms with Crippen LogP contribution in [0.2, 0.25) is 0 Å². The van der Waals surface area contributed by atoms with Gasteiger partial charge in [0, 0.05) is 12.3 Å². The number of hydrogen-bond donors (Lipinski definition) is 3. The molecule has 1 aromatic carbocycles. The van der Waals surface area contributed by atoms with Crippen molar-refractivity contribution in [2.75, 3.05) is 25.4 Å². The maximum absolute atomic E-state index is 9.36. The Labute approximate surface area is 216 Å². The van der Waals surface area contributed by atoms with Gasteiger partial charge >= 0.3 is 0 Å². The van der Waals surface area contributed by atoms with E-state index in [4.69, 9.17) is 9.47 Å². The van der Waals surface area contributed by atoms with Crippen molar-refractivity contribution in [1.82, 2.24) is 5.32 Å². The highest BCUT2D eigenvalue weighted by Crippen LogP contribution is 2.14. The quantitative estimate of drug-likeness (QED) is 0.0685. The van der Waals surface area contributed by atoms with Gasteiger partial charge < -0.3 is 19.9 Å². The van der Waals surface area contributed by atoms with Crippen LogP contribution >= 0.6 is 0 Å². The van der Waals surface area contributed by atoms with Crippen LogP contribution < -0.4 is 10.6 Å². The van der Waals surface area contributed by atoms with Crippen LogP contribution in [0.3, 0.4) is 0 Å². The lowest BCUT2D eigenvalue weighted by molar-refractivity contribution is -0.00175. The van der Waals surface area contributed by atoms with E-state index in [0.717, 1.165) is 38.0 Å². The topological polar surface area (TPSA) is 62.8 Å². The fourth-order valence-corrected chi connectivity index (χ4v) is 4.24. The zero-order valence-electron chi connectivity index (χ0n) is 23.0. The third-order valence-electron chi connectivity index (χ3n) is 6.55. The number of aromatic hydroxyl groups is 1. The Morgan fingerprint density at radius 3 is 1.71 bits per heavy atom. The number of phenols is 1. The van der Waals surface area contributed by atoms with Crippen molar-refractivity contribution in [3.63, 3.8) is 0 Å². The molecule has 1 atom stereocenters. The molecule has 0 aromatic heterocycles. The highest BCUT2D eigenvalue weighted by molar-refractivity contribution is 5.45. The average Bonchev–Trinajstić information content (AvgIpc) is 2.87. The molecule has 5 nitrogen and oxygen atoms in total. The Hall–Kier alpha value is -1.30. The molecule has 0 spiro atoms. The monoisotopic (exact) mass is 492 g/mol. The van der Waals surface area contributed by atoms with E-state index in [0.29, 0.717) is 13.5 Å². The number of unbranched alkanes of at least 4 members (excludes halogenated alkanes) is 15. The van der Waals surface area contributed by atoms with Crippen molar-refractivity contribution < 1.29 is 14.6 Å². The largest absolute Gasteiger partial charge is 0.508 e. The lowest BCUT2D eigenvalue weighted by atomic mass is 10.0. The van der Waals surface area contributed by atoms with E-state index in [9.17, 15) is 5.11 Å². The van der Waals surface area contributed by atoms with Crippen molar-refractivity contribution in [2.24, 2.45) is 0 Å². The van der Waals surface area contributed by atoms with Crippen LogP contribution in [0.1, 0.15) is 129 Å². The van der Waals surface area contributed by atoms with Crippen LogP contribution in [-0.4, -0.2) is 31.4 Å². The van der Waals surface area contributed by atoms with E-state index < -0.39 is 0 Å². The van der Waals surface area contributed by atoms with Gasteiger partial charge in [-0.2, -0.15) is 0 Å². The molecular weight excluding hydrogens is 436 g/mol. The van der Waals surface area contributed by atoms with E-state index in [-0.39, 0.29) is 12.0 Å². The number of nitrogens with one attached hydrogen (secondary N) is 2. The van der Waals surface area contributed by atoms with Gasteiger partial charge in [-0.25, -0.2) is 0 Å². The molecule has 0 radical (unpaired) electrons. The van der Waals surface area contributed by atoms with Crippen molar-refractivity contribution in [1.29, 1.82) is 0 Å². The van der Waals surface area contributed by atoms with Crippen molar-refractivity contribution in [3.8, 4) is 5.75 Å². The van der Waals surface area contributed by atoms with Crippen LogP contribution in [0.25, 0.3) is 0 Å². The Kier molecular flexibility index (Phi) is 22.1. The molecule has 1 unspecified atom stereocenters. The average molecular weight is 493 g/mol. The molecule has 35 heavy (non-hydrogen) atoms. The van der Waals surface area contributed by atoms with Gasteiger partial charge in [0.25, 0.3) is 0 Å². The van der Waals surface area contributed by atoms with Gasteiger partial charge in [-0.15, -0.1) is 0 Å². The predicted octanol–water partition coefficient (Wildman–Crippen LogP) is 8.73. The molecule has 1 rings (SSSR count). The minimum absolute atomic E-state index is 0.0133. The third kappa shape index (κ3) is 20.6. The third-order valence-corrected chi connectivity index (χ3v) is 6.55. The minimum atomic E-state index is -0.0133. The van der Waals surface area contributed by atoms with E-state index in [1.807, 2.05) is 12.1 Å². The molecule has 0 amide bonds. The second-order valence-electron chi connectivity index (χ2n) is 9.87. The number of anilines is 1. The summed E-state index contributed by atoms with van der Waals surface area (Å²) in [6.45, 7) is 6.25. The van der Waals surface area contributed by atoms with Gasteiger partial charge in [0.05, 0.1) is 6.73 Å². The summed E-state index contributed by atoms with van der Waals surface area (Å²) in [7, 11) is 0. The molecule has 0 bridgehead atoms. The number of phenolic OH excluding ortho intramolecular Hbond substituents is 1. The minimum Gasteiger partial charge on any atom is -0.508 e. The molecule has 0 aliphatic rings. The molecule has 0 fully saturated rings. The van der Waals surface area contributed by atoms with Crippen molar-refractivity contribution in [3.05, 3.63) is 24.3 Å². The Balaban J connectivity index is 1.89. The van der Waals surface area contributed by atoms with Crippen LogP contribution in [0, 0.1) is 0 Å². The summed E-state index contributed by atoms with van der Waals surface area (Å²) in [6.07, 6.45) is 24.0. The van der Waals surface area contributed by atoms with Gasteiger partial charge in [0.1, 0.15) is 18.7 Å². The summed E-state index contributed by atoms with van der Waals surface area (Å²) in [5.74, 6) is 0.269. The van der Waals surface area contributed by atoms with Gasteiger partial charge in [0.2, 0.25) is 0 Å². The van der Waals surface area contributed by atoms with Gasteiger partial charge in [-0.3, -0.25) is 5.32 Å². The van der Waals surface area contributed by atoms with Crippen molar-refractivity contribution >= 4 is 5.69 Å². The first-order valence-electron chi connectivity index (χ1n) is 14.7. The maximum Gasteiger partial charge on any atom is 0.118 e. The summed E-state index contributed by atoms with van der Waals surface area (Å²) in [6, 6.07) is 7.02. The number of benzene rings is 1. The Bertz CT molecular complexity index is 553. The zero-order valence-corrected chi connectivity index (χ0v) is 23.0. The smallest absolute Gasteiger partial charge is 0.118 e. The number of ether oxygens (including phenoxy) is 2. The second kappa shape index (κ2) is 24.4. The van der Waals surface area contributed by atoms with E-state index in [1.54, 1.807) is 12.1 Å². The maximum atomic E-state index is 9.36. The van der Waals surface area contributed by atoms with E-state index in [1.165, 1.54) is 89.9 Å². The van der Waals surface area contributed by atoms with Crippen LogP contribution in [0.5, 0.6) is 5.75 Å². The zero-order chi connectivity index (χ0) is 25.2. The SMILES string of the molecule is CCCCCCCCCCCCCCCCCOCNC(CCCC)OCNc1ccc(O)cc1. The Morgan fingerprint density at radius 2 is 1.17 bits per heavy atom. The second-order valence-corrected chi connectivity index (χ2v) is 9.87. The van der Waals surface area contributed by atoms with E-state index >= 15 is 0 Å². The van der Waals surface area contributed by atoms with Gasteiger partial charge in [-0.05, 0) is 43.5 Å². The number of rotatable bonds is 26. The van der Waals surface area contributed by atoms with Crippen LogP contribution in [0.4, 0.5) is 5.69 Å². The summed E-state index contributed by atoms with van der Waals surface area (Å²) in [5.41, 5.74) is 0.932. The lowest BCUT2D eigenvalue weighted by Crippen LogP contribution is -2.35. The molecule has 0 aliphatic carbocycles. The first-order chi connectivity index (χ1) is 17.3. The van der Waals surface area contributed by atoms with E-state index in [2.05, 4.69) is 24.5 Å². The summed E-state index contributed by atoms with van der Waals surface area (Å²) >= 11 is 0. The molecule has 5 heteroatoms. The van der Waals surface area contributed by atoms with Crippen LogP contribution in [-0.2, 0) is 9.47 Å². The molecular formula is C30H56N2O3. The summed E-state index contributed by atoms with van der Waals surface area (Å²) < 4.78 is 11.7. The fourth-order valence-electron chi connectivity index (χ4n) is 4.24. The molecule has 3 N–H and O–H groups in total. The van der Waals surface area contributed by atoms with Gasteiger partial charge in [-0.1, -0.05) is 110 Å². The lowest BCUT2D eigenvalue weighted by Gasteiger charge is -2.20. The first kappa shape index (κ1) is 31.7. The molecule has 0 saturated heterocycles. The molecule has 204 valence electrons. The molecule has 0 aliphatic heterocycles. The first-order valence-corrected chi connectivity index (χ1v) is 14.7. The number of hydrogen-bond acceptors (Lipinski definition) is 5. The van der Waals surface area contributed by atoms with Gasteiger partial charge in [0.15, 0.2) is 0 Å². The standard InChI is InChI=1S/C30H56N2O3/c1-3-5-7-8-9-10-11-12-13-14-15-16-17-18-19-25-34-26-32-30(20-6-4-2)35-27-31-28-21-23-29(33)24-22-28/h21-24,30-33H,3-20,25-27H2,1-2H3. The Morgan fingerprint density at radius 1 is 0.657 bits per heavy atom. The molecule has 0 heterocycles. The summed E-state index contributed by atoms with van der Waals surface area (Å²) in [4.78, 5) is 0. The highest BCUT2D eigenvalue weighted by atomic mass is 16.5. The highest BCUT2D eigenvalue weighted by Gasteiger charge is 2.07. The van der Waals surface area contributed by atoms with Crippen molar-refractivity contribution in [2.45, 2.75) is 136 Å². The van der Waals surface area contributed by atoms with Crippen LogP contribution in [0.15, 0.2) is 24.3 Å². The summed E-state index contributed by atoms with van der Waals surface area (Å²) in [5, 5.41) is 16.0.